The smallest absolute Gasteiger partial charge is 0.388 e. The molecular formula is C5H12FO6PS. The molecule has 0 radical (unpaired) electrons. The molecule has 0 rings (SSSR count). The van der Waals surface area contributed by atoms with E-state index >= 15 is 0 Å². The summed E-state index contributed by atoms with van der Waals surface area (Å²) in [5, 5.41) is 8.99. The molecule has 2 N–H and O–H groups in total. The number of halogens is 1. The van der Waals surface area contributed by atoms with Gasteiger partial charge < -0.3 is 10.00 Å². The molecule has 9 heteroatoms. The second-order valence-corrected chi connectivity index (χ2v) is 4.00. The highest BCUT2D eigenvalue weighted by Crippen LogP contribution is 2.42. The number of phosphoric ester groups is 1. The molecule has 0 aromatic heterocycles. The van der Waals surface area contributed by atoms with Crippen LogP contribution in [0.4, 0.5) is 3.89 Å². The molecular weight excluding hydrogens is 238 g/mol. The molecule has 0 aliphatic carbocycles. The van der Waals surface area contributed by atoms with Crippen molar-refractivity contribution in [1.82, 2.24) is 0 Å². The summed E-state index contributed by atoms with van der Waals surface area (Å²) >= 11 is -0.405. The van der Waals surface area contributed by atoms with Gasteiger partial charge in [-0.05, 0) is 6.92 Å². The molecule has 0 aromatic rings. The zero-order valence-corrected chi connectivity index (χ0v) is 9.17. The van der Waals surface area contributed by atoms with Crippen LogP contribution >= 0.6 is 20.3 Å². The van der Waals surface area contributed by atoms with Gasteiger partial charge in [0.05, 0.1) is 19.8 Å². The Morgan fingerprint density at radius 3 is 2.64 bits per heavy atom. The molecule has 0 saturated heterocycles. The third kappa shape index (κ3) is 7.69. The molecule has 14 heavy (non-hydrogen) atoms. The Kier molecular flexibility index (Phi) is 7.75. The number of hydrogen-bond acceptors (Lipinski definition) is 6. The Hall–Kier alpha value is 0.310. The fourth-order valence-corrected chi connectivity index (χ4v) is 1.50. The molecule has 0 bridgehead atoms. The van der Waals surface area contributed by atoms with Gasteiger partial charge in [0.1, 0.15) is 6.10 Å². The molecule has 0 saturated carbocycles. The van der Waals surface area contributed by atoms with Crippen molar-refractivity contribution in [2.45, 2.75) is 13.0 Å². The van der Waals surface area contributed by atoms with Crippen LogP contribution in [0.1, 0.15) is 6.92 Å². The van der Waals surface area contributed by atoms with Crippen molar-refractivity contribution in [2.24, 2.45) is 0 Å². The van der Waals surface area contributed by atoms with Gasteiger partial charge in [0.15, 0.2) is 0 Å². The molecule has 1 unspecified atom stereocenters. The molecule has 6 nitrogen and oxygen atoms in total. The summed E-state index contributed by atoms with van der Waals surface area (Å²) in [5.74, 6) is 0. The maximum Gasteiger partial charge on any atom is 0.472 e. The second kappa shape index (κ2) is 7.58. The quantitative estimate of drug-likeness (QED) is 0.492. The van der Waals surface area contributed by atoms with Gasteiger partial charge in [-0.15, -0.1) is 3.89 Å². The number of rotatable bonds is 8. The first-order valence-corrected chi connectivity index (χ1v) is 5.85. The Morgan fingerprint density at radius 2 is 2.14 bits per heavy atom. The molecule has 0 heterocycles. The first-order chi connectivity index (χ1) is 6.52. The van der Waals surface area contributed by atoms with Crippen molar-refractivity contribution in [3.8, 4) is 0 Å². The Morgan fingerprint density at radius 1 is 1.50 bits per heavy atom. The lowest BCUT2D eigenvalue weighted by atomic mass is 10.4. The van der Waals surface area contributed by atoms with Crippen LogP contribution in [-0.4, -0.2) is 35.9 Å². The molecule has 86 valence electrons. The number of aliphatic hydroxyl groups excluding tert-OH is 1. The average molecular weight is 250 g/mol. The summed E-state index contributed by atoms with van der Waals surface area (Å²) in [6.45, 7) is 0.730. The predicted octanol–water partition coefficient (Wildman–Crippen LogP) is 1.05. The average Bonchev–Trinajstić information content (AvgIpc) is 2.11. The third-order valence-corrected chi connectivity index (χ3v) is 2.31. The maximum absolute atomic E-state index is 11.4. The van der Waals surface area contributed by atoms with Crippen molar-refractivity contribution in [1.29, 1.82) is 0 Å². The lowest BCUT2D eigenvalue weighted by molar-refractivity contribution is 0.0484. The molecule has 0 aliphatic heterocycles. The number of phosphoric acid groups is 1. The van der Waals surface area contributed by atoms with Crippen LogP contribution in [0.5, 0.6) is 0 Å². The van der Waals surface area contributed by atoms with Crippen molar-refractivity contribution >= 4 is 20.3 Å². The summed E-state index contributed by atoms with van der Waals surface area (Å²) in [4.78, 5) is 8.87. The normalized spacial score (nSPS) is 17.7. The van der Waals surface area contributed by atoms with Crippen LogP contribution in [-0.2, 0) is 17.8 Å². The zero-order chi connectivity index (χ0) is 11.0. The van der Waals surface area contributed by atoms with E-state index in [-0.39, 0.29) is 13.2 Å². The van der Waals surface area contributed by atoms with E-state index in [2.05, 4.69) is 13.2 Å². The summed E-state index contributed by atoms with van der Waals surface area (Å²) in [7, 11) is -4.09. The topological polar surface area (TPSA) is 85.2 Å². The van der Waals surface area contributed by atoms with E-state index < -0.39 is 33.0 Å². The van der Waals surface area contributed by atoms with Gasteiger partial charge in [-0.2, -0.15) is 0 Å². The minimum absolute atomic E-state index is 0.0146. The fraction of sp³-hybridized carbons (Fsp3) is 1.00. The van der Waals surface area contributed by atoms with Crippen molar-refractivity contribution in [3.05, 3.63) is 0 Å². The highest BCUT2D eigenvalue weighted by Gasteiger charge is 2.21. The standard InChI is InChI=1S/C5H12FO6PS/c1-2-10-13(8,9)11-3-5(7)4-12-14-6/h5,7H,2-4H2,1H3,(H,8,9)/t5-/m0/s1. The summed E-state index contributed by atoms with van der Waals surface area (Å²) < 4.78 is 35.1. The van der Waals surface area contributed by atoms with E-state index in [9.17, 15) is 8.45 Å². The minimum Gasteiger partial charge on any atom is -0.388 e. The van der Waals surface area contributed by atoms with E-state index in [4.69, 9.17) is 10.00 Å². The van der Waals surface area contributed by atoms with Gasteiger partial charge in [-0.25, -0.2) is 4.57 Å². The first kappa shape index (κ1) is 14.3. The number of hydrogen-bond donors (Lipinski definition) is 2. The van der Waals surface area contributed by atoms with Crippen molar-refractivity contribution in [2.75, 3.05) is 19.8 Å². The van der Waals surface area contributed by atoms with Crippen LogP contribution < -0.4 is 0 Å². The predicted molar refractivity (Wildman–Crippen MR) is 48.1 cm³/mol. The minimum atomic E-state index is -4.09. The van der Waals surface area contributed by atoms with Gasteiger partial charge in [0, 0.05) is 0 Å². The Labute approximate surface area is 85.5 Å². The SMILES string of the molecule is CCOP(=O)(O)OC[C@H](O)COSF. The zero-order valence-electron chi connectivity index (χ0n) is 7.46. The van der Waals surface area contributed by atoms with E-state index in [0.717, 1.165) is 0 Å². The lowest BCUT2D eigenvalue weighted by Gasteiger charge is -2.13. The van der Waals surface area contributed by atoms with E-state index in [1.807, 2.05) is 0 Å². The van der Waals surface area contributed by atoms with Crippen LogP contribution in [0.25, 0.3) is 0 Å². The number of aliphatic hydroxyl groups is 1. The van der Waals surface area contributed by atoms with E-state index in [1.165, 1.54) is 6.92 Å². The molecule has 0 aliphatic rings. The first-order valence-electron chi connectivity index (χ1n) is 3.72. The molecule has 0 aromatic carbocycles. The summed E-state index contributed by atoms with van der Waals surface area (Å²) in [5.41, 5.74) is 0. The molecule has 0 fully saturated rings. The van der Waals surface area contributed by atoms with Gasteiger partial charge in [0.25, 0.3) is 0 Å². The van der Waals surface area contributed by atoms with Crippen molar-refractivity contribution in [3.63, 3.8) is 0 Å². The van der Waals surface area contributed by atoms with Crippen LogP contribution in [0.15, 0.2) is 0 Å². The largest absolute Gasteiger partial charge is 0.472 e. The summed E-state index contributed by atoms with van der Waals surface area (Å²) in [6.07, 6.45) is -1.18. The second-order valence-electron chi connectivity index (χ2n) is 2.18. The van der Waals surface area contributed by atoms with Gasteiger partial charge in [0.2, 0.25) is 12.4 Å². The molecule has 0 spiro atoms. The Balaban J connectivity index is 3.64. The van der Waals surface area contributed by atoms with Crippen LogP contribution in [0, 0.1) is 0 Å². The van der Waals surface area contributed by atoms with Gasteiger partial charge >= 0.3 is 7.82 Å². The van der Waals surface area contributed by atoms with E-state index in [0.29, 0.717) is 0 Å². The van der Waals surface area contributed by atoms with Crippen LogP contribution in [0.3, 0.4) is 0 Å². The van der Waals surface area contributed by atoms with Gasteiger partial charge in [-0.3, -0.25) is 13.2 Å². The van der Waals surface area contributed by atoms with E-state index in [1.54, 1.807) is 0 Å². The van der Waals surface area contributed by atoms with Crippen molar-refractivity contribution < 1.29 is 31.7 Å². The van der Waals surface area contributed by atoms with Gasteiger partial charge in [-0.1, -0.05) is 0 Å². The molecule has 2 atom stereocenters. The third-order valence-electron chi connectivity index (χ3n) is 1.03. The highest BCUT2D eigenvalue weighted by molar-refractivity contribution is 7.89. The summed E-state index contributed by atoms with van der Waals surface area (Å²) in [6, 6.07) is 0. The monoisotopic (exact) mass is 250 g/mol. The highest BCUT2D eigenvalue weighted by atomic mass is 32.2. The van der Waals surface area contributed by atoms with Crippen LogP contribution in [0.2, 0.25) is 0 Å². The molecule has 0 amide bonds. The lowest BCUT2D eigenvalue weighted by Crippen LogP contribution is -2.19. The maximum atomic E-state index is 11.4. The Bertz CT molecular complexity index is 193. The fourth-order valence-electron chi connectivity index (χ4n) is 0.533.